The van der Waals surface area contributed by atoms with Crippen molar-refractivity contribution in [3.8, 4) is 0 Å². The maximum absolute atomic E-state index is 11.3. The van der Waals surface area contributed by atoms with Crippen LogP contribution in [0.15, 0.2) is 12.7 Å². The van der Waals surface area contributed by atoms with Crippen molar-refractivity contribution in [3.05, 3.63) is 12.7 Å². The van der Waals surface area contributed by atoms with Gasteiger partial charge < -0.3 is 14.2 Å². The van der Waals surface area contributed by atoms with Crippen LogP contribution in [0.25, 0.3) is 0 Å². The van der Waals surface area contributed by atoms with E-state index in [4.69, 9.17) is 14.2 Å². The molecular weight excluding hydrogens is 236 g/mol. The molecule has 0 aromatic heterocycles. The van der Waals surface area contributed by atoms with E-state index in [0.717, 1.165) is 0 Å². The fourth-order valence-corrected chi connectivity index (χ4v) is 1.76. The Labute approximate surface area is 107 Å². The molecule has 0 rings (SSSR count). The summed E-state index contributed by atoms with van der Waals surface area (Å²) in [6, 6.07) is 0. The average Bonchev–Trinajstić information content (AvgIpc) is 2.24. The number of esters is 1. The molecule has 17 heavy (non-hydrogen) atoms. The van der Waals surface area contributed by atoms with E-state index in [-0.39, 0.29) is 11.9 Å². The second kappa shape index (κ2) is 10.5. The van der Waals surface area contributed by atoms with Crippen molar-refractivity contribution in [1.82, 2.24) is 0 Å². The summed E-state index contributed by atoms with van der Waals surface area (Å²) in [6.45, 7) is 10.8. The summed E-state index contributed by atoms with van der Waals surface area (Å²) in [5.41, 5.74) is -0.427. The minimum absolute atomic E-state index is 0.164. The molecule has 0 saturated heterocycles. The third-order valence-corrected chi connectivity index (χ3v) is 3.30. The number of allylic oxidation sites excluding steroid dienone is 1. The third-order valence-electron chi connectivity index (χ3n) is 1.72. The van der Waals surface area contributed by atoms with Crippen LogP contribution in [0.1, 0.15) is 27.7 Å². The molecule has 0 unspecified atom stereocenters. The summed E-state index contributed by atoms with van der Waals surface area (Å²) < 4.78 is 15.1. The van der Waals surface area contributed by atoms with Gasteiger partial charge in [-0.3, -0.25) is 4.79 Å². The molecule has 0 spiro atoms. The first-order valence-electron chi connectivity index (χ1n) is 5.63. The maximum Gasteiger partial charge on any atom is 0.310 e. The van der Waals surface area contributed by atoms with Crippen molar-refractivity contribution < 1.29 is 19.0 Å². The lowest BCUT2D eigenvalue weighted by molar-refractivity contribution is -0.151. The highest BCUT2D eigenvalue weighted by atomic mass is 28.2. The second-order valence-electron chi connectivity index (χ2n) is 4.48. The van der Waals surface area contributed by atoms with Crippen LogP contribution >= 0.6 is 0 Å². The molecule has 0 fully saturated rings. The average molecular weight is 262 g/mol. The first kappa shape index (κ1) is 18.7. The van der Waals surface area contributed by atoms with Crippen LogP contribution < -0.4 is 0 Å². The Bertz CT molecular complexity index is 207. The van der Waals surface area contributed by atoms with Gasteiger partial charge in [0, 0.05) is 14.2 Å². The van der Waals surface area contributed by atoms with Gasteiger partial charge in [0.1, 0.15) is 15.4 Å². The summed E-state index contributed by atoms with van der Waals surface area (Å²) in [6.07, 6.45) is 2.21. The van der Waals surface area contributed by atoms with Crippen molar-refractivity contribution in [3.63, 3.8) is 0 Å². The van der Waals surface area contributed by atoms with Crippen LogP contribution in [0.3, 0.4) is 0 Å². The molecule has 0 heterocycles. The van der Waals surface area contributed by atoms with E-state index in [2.05, 4.69) is 6.58 Å². The molecule has 102 valence electrons. The first-order chi connectivity index (χ1) is 7.83. The van der Waals surface area contributed by atoms with Crippen LogP contribution in [0.5, 0.6) is 0 Å². The zero-order valence-electron chi connectivity index (χ0n) is 11.9. The van der Waals surface area contributed by atoms with E-state index in [1.165, 1.54) is 0 Å². The van der Waals surface area contributed by atoms with Gasteiger partial charge in [0.25, 0.3) is 0 Å². The molecule has 0 saturated carbocycles. The van der Waals surface area contributed by atoms with Crippen LogP contribution in [-0.4, -0.2) is 41.9 Å². The molecule has 0 aliphatic carbocycles. The van der Waals surface area contributed by atoms with Crippen molar-refractivity contribution in [2.24, 2.45) is 5.41 Å². The highest BCUT2D eigenvalue weighted by Crippen LogP contribution is 2.14. The van der Waals surface area contributed by atoms with Gasteiger partial charge >= 0.3 is 5.97 Å². The fraction of sp³-hybridized carbons (Fsp3) is 0.750. The van der Waals surface area contributed by atoms with Gasteiger partial charge in [0.15, 0.2) is 0 Å². The highest BCUT2D eigenvalue weighted by molar-refractivity contribution is 6.36. The van der Waals surface area contributed by atoms with Gasteiger partial charge in [0.2, 0.25) is 0 Å². The summed E-state index contributed by atoms with van der Waals surface area (Å²) in [4.78, 5) is 11.3. The lowest BCUT2D eigenvalue weighted by Crippen LogP contribution is -2.30. The number of rotatable bonds is 5. The zero-order chi connectivity index (χ0) is 13.9. The Morgan fingerprint density at radius 1 is 1.35 bits per heavy atom. The summed E-state index contributed by atoms with van der Waals surface area (Å²) in [5.74, 6) is -0.335. The van der Waals surface area contributed by atoms with E-state index in [0.29, 0.717) is 6.23 Å². The smallest absolute Gasteiger partial charge is 0.310 e. The largest absolute Gasteiger partial charge is 0.470 e. The lowest BCUT2D eigenvalue weighted by atomic mass is 9.98. The van der Waals surface area contributed by atoms with Gasteiger partial charge in [-0.15, -0.1) is 6.58 Å². The Balaban J connectivity index is 0. The quantitative estimate of drug-likeness (QED) is 0.326. The van der Waals surface area contributed by atoms with Crippen LogP contribution in [0, 0.1) is 5.41 Å². The van der Waals surface area contributed by atoms with Gasteiger partial charge in [-0.1, -0.05) is 6.08 Å². The molecule has 0 amide bonds. The molecule has 0 aromatic rings. The summed E-state index contributed by atoms with van der Waals surface area (Å²) in [7, 11) is 2.52. The zero-order valence-corrected chi connectivity index (χ0v) is 13.3. The topological polar surface area (TPSA) is 44.8 Å². The van der Waals surface area contributed by atoms with E-state index in [1.807, 2.05) is 27.7 Å². The lowest BCUT2D eigenvalue weighted by Gasteiger charge is -2.18. The number of hydrogen-bond acceptors (Lipinski definition) is 4. The Kier molecular flexibility index (Phi) is 11.6. The number of carbonyl (C=O) groups excluding carboxylic acids is 1. The molecule has 0 atom stereocenters. The number of methoxy groups -OCH3 is 2. The molecule has 0 bridgehead atoms. The van der Waals surface area contributed by atoms with Crippen molar-refractivity contribution in [2.45, 2.75) is 33.6 Å². The minimum Gasteiger partial charge on any atom is -0.470 e. The molecular formula is C12H26O4Si. The number of carbonyl (C=O) groups is 1. The van der Waals surface area contributed by atoms with Gasteiger partial charge in [-0.25, -0.2) is 0 Å². The standard InChI is InChI=1S/C9H20O4Si.C3H6/c1-9(2,3)7(10)13-6-14-8(11-4)12-5;1-3-2/h8H,6,14H2,1-5H3;3H,1H2,2H3. The van der Waals surface area contributed by atoms with Crippen LogP contribution in [0.2, 0.25) is 0 Å². The Morgan fingerprint density at radius 2 is 1.76 bits per heavy atom. The van der Waals surface area contributed by atoms with Crippen LogP contribution in [-0.2, 0) is 19.0 Å². The molecule has 0 aromatic carbocycles. The molecule has 0 N–H and O–H groups in total. The predicted octanol–water partition coefficient (Wildman–Crippen LogP) is 1.47. The first-order valence-corrected chi connectivity index (χ1v) is 7.45. The van der Waals surface area contributed by atoms with E-state index in [1.54, 1.807) is 20.3 Å². The number of hydrogen-bond donors (Lipinski definition) is 0. The molecule has 5 heteroatoms. The van der Waals surface area contributed by atoms with E-state index >= 15 is 0 Å². The van der Waals surface area contributed by atoms with Gasteiger partial charge in [-0.05, 0) is 27.7 Å². The normalized spacial score (nSPS) is 11.2. The SMILES string of the molecule is C=CC.COC(OC)[SiH2]COC(=O)C(C)(C)C. The van der Waals surface area contributed by atoms with E-state index in [9.17, 15) is 4.79 Å². The van der Waals surface area contributed by atoms with Crippen LogP contribution in [0.4, 0.5) is 0 Å². The molecule has 0 radical (unpaired) electrons. The minimum atomic E-state index is -0.663. The van der Waals surface area contributed by atoms with Crippen molar-refractivity contribution in [2.75, 3.05) is 20.4 Å². The second-order valence-corrected chi connectivity index (χ2v) is 6.14. The Hall–Kier alpha value is -0.653. The third kappa shape index (κ3) is 11.6. The predicted molar refractivity (Wildman–Crippen MR) is 72.6 cm³/mol. The van der Waals surface area contributed by atoms with Crippen molar-refractivity contribution in [1.29, 1.82) is 0 Å². The van der Waals surface area contributed by atoms with Gasteiger partial charge in [0.05, 0.1) is 11.6 Å². The summed E-state index contributed by atoms with van der Waals surface area (Å²) >= 11 is 0. The monoisotopic (exact) mass is 262 g/mol. The fourth-order valence-electron chi connectivity index (χ4n) is 0.796. The maximum atomic E-state index is 11.3. The molecule has 0 aliphatic heterocycles. The molecule has 0 aliphatic rings. The van der Waals surface area contributed by atoms with Crippen molar-refractivity contribution >= 4 is 15.5 Å². The summed E-state index contributed by atoms with van der Waals surface area (Å²) in [5, 5.41) is 0. The van der Waals surface area contributed by atoms with Gasteiger partial charge in [-0.2, -0.15) is 0 Å². The van der Waals surface area contributed by atoms with E-state index < -0.39 is 14.9 Å². The highest BCUT2D eigenvalue weighted by Gasteiger charge is 2.23. The molecule has 4 nitrogen and oxygen atoms in total. The number of ether oxygens (including phenoxy) is 3. The Morgan fingerprint density at radius 3 is 2.06 bits per heavy atom.